The van der Waals surface area contributed by atoms with E-state index >= 15 is 0 Å². The van der Waals surface area contributed by atoms with Crippen LogP contribution in [-0.2, 0) is 0 Å². The zero-order valence-corrected chi connectivity index (χ0v) is 15.2. The van der Waals surface area contributed by atoms with Crippen LogP contribution in [0, 0.1) is 15.9 Å². The molecule has 3 rings (SSSR count). The van der Waals surface area contributed by atoms with Gasteiger partial charge in [0.15, 0.2) is 5.11 Å². The third-order valence-electron chi connectivity index (χ3n) is 3.89. The summed E-state index contributed by atoms with van der Waals surface area (Å²) in [7, 11) is 0. The van der Waals surface area contributed by atoms with E-state index in [0.717, 1.165) is 29.3 Å². The lowest BCUT2D eigenvalue weighted by Crippen LogP contribution is -2.34. The molecule has 0 aliphatic carbocycles. The van der Waals surface area contributed by atoms with Crippen LogP contribution in [0.5, 0.6) is 0 Å². The monoisotopic (exact) mass is 395 g/mol. The van der Waals surface area contributed by atoms with E-state index in [4.69, 9.17) is 12.2 Å². The van der Waals surface area contributed by atoms with Crippen molar-refractivity contribution in [3.05, 3.63) is 94.3 Å². The highest BCUT2D eigenvalue weighted by molar-refractivity contribution is 7.80. The van der Waals surface area contributed by atoms with Crippen molar-refractivity contribution in [3.8, 4) is 11.1 Å². The Morgan fingerprint density at radius 3 is 2.25 bits per heavy atom. The van der Waals surface area contributed by atoms with Crippen molar-refractivity contribution in [2.24, 2.45) is 0 Å². The Kier molecular flexibility index (Phi) is 5.71. The zero-order valence-electron chi connectivity index (χ0n) is 14.4. The van der Waals surface area contributed by atoms with Gasteiger partial charge in [0, 0.05) is 17.7 Å². The number of nitrogens with zero attached hydrogens (tertiary/aromatic N) is 1. The Morgan fingerprint density at radius 1 is 0.964 bits per heavy atom. The molecular weight excluding hydrogens is 381 g/mol. The number of carbonyl (C=O) groups is 1. The van der Waals surface area contributed by atoms with Crippen LogP contribution in [0.4, 0.5) is 15.8 Å². The Morgan fingerprint density at radius 2 is 1.61 bits per heavy atom. The second-order valence-corrected chi connectivity index (χ2v) is 6.18. The van der Waals surface area contributed by atoms with Gasteiger partial charge in [0.25, 0.3) is 11.6 Å². The minimum Gasteiger partial charge on any atom is -0.330 e. The van der Waals surface area contributed by atoms with Crippen LogP contribution in [0.3, 0.4) is 0 Å². The number of benzene rings is 3. The van der Waals surface area contributed by atoms with Crippen molar-refractivity contribution in [2.75, 3.05) is 5.32 Å². The summed E-state index contributed by atoms with van der Waals surface area (Å²) in [5, 5.41) is 15.5. The Hall–Kier alpha value is -3.65. The van der Waals surface area contributed by atoms with Crippen LogP contribution in [0.2, 0.25) is 0 Å². The fourth-order valence-corrected chi connectivity index (χ4v) is 2.70. The average molecular weight is 395 g/mol. The molecule has 0 heterocycles. The summed E-state index contributed by atoms with van der Waals surface area (Å²) in [6.45, 7) is 0. The molecule has 0 aromatic heterocycles. The average Bonchev–Trinajstić information content (AvgIpc) is 2.70. The van der Waals surface area contributed by atoms with E-state index in [2.05, 4.69) is 10.6 Å². The number of non-ortho nitro benzene ring substituents is 1. The quantitative estimate of drug-likeness (QED) is 0.385. The summed E-state index contributed by atoms with van der Waals surface area (Å²) in [4.78, 5) is 22.5. The van der Waals surface area contributed by atoms with Crippen LogP contribution < -0.4 is 10.6 Å². The van der Waals surface area contributed by atoms with Crippen LogP contribution in [0.15, 0.2) is 72.8 Å². The van der Waals surface area contributed by atoms with Crippen molar-refractivity contribution in [3.63, 3.8) is 0 Å². The number of carbonyl (C=O) groups excluding carboxylic acids is 1. The molecule has 3 aromatic rings. The molecule has 0 aliphatic heterocycles. The molecule has 8 heteroatoms. The summed E-state index contributed by atoms with van der Waals surface area (Å²) >= 11 is 5.00. The maximum Gasteiger partial charge on any atom is 0.271 e. The van der Waals surface area contributed by atoms with Gasteiger partial charge in [-0.3, -0.25) is 20.2 Å². The van der Waals surface area contributed by atoms with Crippen molar-refractivity contribution < 1.29 is 14.1 Å². The molecule has 0 atom stereocenters. The first-order valence-corrected chi connectivity index (χ1v) is 8.56. The number of anilines is 1. The Labute approximate surface area is 165 Å². The number of nitrogens with one attached hydrogen (secondary N) is 2. The van der Waals surface area contributed by atoms with Gasteiger partial charge >= 0.3 is 0 Å². The van der Waals surface area contributed by atoms with Crippen LogP contribution in [0.25, 0.3) is 11.1 Å². The molecule has 0 bridgehead atoms. The van der Waals surface area contributed by atoms with E-state index in [-0.39, 0.29) is 16.5 Å². The lowest BCUT2D eigenvalue weighted by molar-refractivity contribution is -0.384. The lowest BCUT2D eigenvalue weighted by Gasteiger charge is -2.10. The van der Waals surface area contributed by atoms with Gasteiger partial charge in [0.05, 0.1) is 10.6 Å². The summed E-state index contributed by atoms with van der Waals surface area (Å²) in [6, 6.07) is 19.6. The molecule has 1 amide bonds. The number of rotatable bonds is 4. The lowest BCUT2D eigenvalue weighted by atomic mass is 10.0. The molecule has 0 unspecified atom stereocenters. The number of thiocarbonyl (C=S) groups is 1. The molecular formula is C20H14FN3O3S. The highest BCUT2D eigenvalue weighted by Gasteiger charge is 2.13. The number of amides is 1. The Bertz CT molecular complexity index is 1040. The van der Waals surface area contributed by atoms with Crippen molar-refractivity contribution in [2.45, 2.75) is 0 Å². The zero-order chi connectivity index (χ0) is 20.1. The van der Waals surface area contributed by atoms with Gasteiger partial charge < -0.3 is 5.32 Å². The summed E-state index contributed by atoms with van der Waals surface area (Å²) in [5.41, 5.74) is 1.85. The molecule has 2 N–H and O–H groups in total. The van der Waals surface area contributed by atoms with E-state index in [1.165, 1.54) is 0 Å². The normalized spacial score (nSPS) is 10.2. The summed E-state index contributed by atoms with van der Waals surface area (Å²) < 4.78 is 13.8. The summed E-state index contributed by atoms with van der Waals surface area (Å²) in [6.07, 6.45) is 0. The number of hydrogen-bond donors (Lipinski definition) is 2. The van der Waals surface area contributed by atoms with E-state index in [1.807, 2.05) is 30.3 Å². The summed E-state index contributed by atoms with van der Waals surface area (Å²) in [5.74, 6) is -1.21. The second kappa shape index (κ2) is 8.36. The van der Waals surface area contributed by atoms with E-state index in [0.29, 0.717) is 5.56 Å². The van der Waals surface area contributed by atoms with E-state index in [1.54, 1.807) is 24.3 Å². The maximum absolute atomic E-state index is 13.8. The van der Waals surface area contributed by atoms with Gasteiger partial charge in [-0.25, -0.2) is 4.39 Å². The molecule has 0 fully saturated rings. The van der Waals surface area contributed by atoms with E-state index < -0.39 is 16.6 Å². The molecule has 0 radical (unpaired) electrons. The van der Waals surface area contributed by atoms with Crippen LogP contribution in [0.1, 0.15) is 10.4 Å². The highest BCUT2D eigenvalue weighted by Crippen LogP contribution is 2.21. The number of halogens is 1. The third kappa shape index (κ3) is 4.54. The van der Waals surface area contributed by atoms with Gasteiger partial charge in [-0.2, -0.15) is 0 Å². The smallest absolute Gasteiger partial charge is 0.271 e. The minimum absolute atomic E-state index is 0.170. The molecule has 0 saturated carbocycles. The number of nitro benzene ring substituents is 1. The molecule has 3 aromatic carbocycles. The largest absolute Gasteiger partial charge is 0.330 e. The number of nitro groups is 1. The first-order chi connectivity index (χ1) is 13.4. The maximum atomic E-state index is 13.8. The SMILES string of the molecule is O=C(NC(=S)Nc1cc([N+](=O)[O-])ccc1F)c1ccc(-c2ccccc2)cc1. The van der Waals surface area contributed by atoms with Crippen molar-refractivity contribution in [1.82, 2.24) is 5.32 Å². The van der Waals surface area contributed by atoms with Gasteiger partial charge in [-0.15, -0.1) is 0 Å². The van der Waals surface area contributed by atoms with Crippen molar-refractivity contribution in [1.29, 1.82) is 0 Å². The fourth-order valence-electron chi connectivity index (χ4n) is 2.50. The minimum atomic E-state index is -0.727. The second-order valence-electron chi connectivity index (χ2n) is 5.77. The molecule has 140 valence electrons. The highest BCUT2D eigenvalue weighted by atomic mass is 32.1. The molecule has 6 nitrogen and oxygen atoms in total. The van der Waals surface area contributed by atoms with Gasteiger partial charge in [0.2, 0.25) is 0 Å². The Balaban J connectivity index is 1.67. The molecule has 0 spiro atoms. The number of hydrogen-bond acceptors (Lipinski definition) is 4. The fraction of sp³-hybridized carbons (Fsp3) is 0. The predicted octanol–water partition coefficient (Wildman–Crippen LogP) is 4.53. The predicted molar refractivity (Wildman–Crippen MR) is 109 cm³/mol. The van der Waals surface area contributed by atoms with Crippen LogP contribution in [-0.4, -0.2) is 15.9 Å². The molecule has 28 heavy (non-hydrogen) atoms. The first kappa shape index (κ1) is 19.1. The topological polar surface area (TPSA) is 84.3 Å². The molecule has 0 saturated heterocycles. The molecule has 0 aliphatic rings. The van der Waals surface area contributed by atoms with Crippen LogP contribution >= 0.6 is 12.2 Å². The third-order valence-corrected chi connectivity index (χ3v) is 4.09. The first-order valence-electron chi connectivity index (χ1n) is 8.16. The van der Waals surface area contributed by atoms with Gasteiger partial charge in [-0.1, -0.05) is 42.5 Å². The van der Waals surface area contributed by atoms with Crippen molar-refractivity contribution >= 4 is 34.6 Å². The van der Waals surface area contributed by atoms with E-state index in [9.17, 15) is 19.3 Å². The van der Waals surface area contributed by atoms with Gasteiger partial charge in [-0.05, 0) is 41.5 Å². The van der Waals surface area contributed by atoms with Gasteiger partial charge in [0.1, 0.15) is 5.82 Å². The standard InChI is InChI=1S/C20H14FN3O3S/c21-17-11-10-16(24(26)27)12-18(17)22-20(28)23-19(25)15-8-6-14(7-9-15)13-4-2-1-3-5-13/h1-12H,(H2,22,23,25,28).